The molecule has 0 spiro atoms. The lowest BCUT2D eigenvalue weighted by molar-refractivity contribution is -0.130. The van der Waals surface area contributed by atoms with E-state index in [4.69, 9.17) is 0 Å². The summed E-state index contributed by atoms with van der Waals surface area (Å²) >= 11 is 1.75. The molecular weight excluding hydrogens is 600 g/mol. The minimum Gasteiger partial charge on any atom is -0.353 e. The van der Waals surface area contributed by atoms with Gasteiger partial charge in [-0.1, -0.05) is 20.4 Å². The maximum Gasteiger partial charge on any atom is 0.320 e. The molecule has 0 aromatic heterocycles. The van der Waals surface area contributed by atoms with Gasteiger partial charge in [0.2, 0.25) is 11.8 Å². The van der Waals surface area contributed by atoms with Crippen LogP contribution in [-0.2, 0) is 9.59 Å². The number of rotatable bonds is 3. The number of hydrogen-bond acceptors (Lipinski definition) is 7. The zero-order valence-corrected chi connectivity index (χ0v) is 27.2. The molecule has 4 N–H and O–H groups in total. The molecule has 11 unspecified atom stereocenters. The number of urea groups is 1. The van der Waals surface area contributed by atoms with Gasteiger partial charge in [-0.25, -0.2) is 13.6 Å². The minimum absolute atomic E-state index is 0.0131. The average Bonchev–Trinajstić information content (AvgIpc) is 3.81. The molecule has 5 saturated heterocycles. The van der Waals surface area contributed by atoms with Gasteiger partial charge in [0.15, 0.2) is 0 Å². The van der Waals surface area contributed by atoms with Crippen molar-refractivity contribution in [2.24, 2.45) is 17.8 Å². The number of carbonyl (C=O) groups excluding carboxylic acids is 3. The topological polar surface area (TPSA) is 109 Å². The van der Waals surface area contributed by atoms with E-state index in [0.717, 1.165) is 19.4 Å². The van der Waals surface area contributed by atoms with Gasteiger partial charge in [0.05, 0.1) is 18.4 Å². The predicted molar refractivity (Wildman–Crippen MR) is 169 cm³/mol. The molecule has 10 nitrogen and oxygen atoms in total. The van der Waals surface area contributed by atoms with Gasteiger partial charge < -0.3 is 25.8 Å². The normalized spacial score (nSPS) is 45.4. The Morgan fingerprint density at radius 3 is 2.64 bits per heavy atom. The Morgan fingerprint density at radius 1 is 1.04 bits per heavy atom. The van der Waals surface area contributed by atoms with E-state index in [2.05, 4.69) is 46.6 Å². The Hall–Kier alpha value is -1.96. The molecule has 2 saturated carbocycles. The van der Waals surface area contributed by atoms with E-state index in [1.165, 1.54) is 6.08 Å². The predicted octanol–water partition coefficient (Wildman–Crippen LogP) is 1.97. The van der Waals surface area contributed by atoms with Crippen molar-refractivity contribution in [3.63, 3.8) is 0 Å². The van der Waals surface area contributed by atoms with Crippen molar-refractivity contribution in [3.8, 4) is 0 Å². The molecule has 2 bridgehead atoms. The Balaban J connectivity index is 1.26. The Bertz CT molecular complexity index is 1180. The molecule has 0 radical (unpaired) electrons. The van der Waals surface area contributed by atoms with E-state index in [1.807, 2.05) is 9.80 Å². The number of carbonyl (C=O) groups is 3. The van der Waals surface area contributed by atoms with Gasteiger partial charge in [-0.15, -0.1) is 0 Å². The van der Waals surface area contributed by atoms with Crippen molar-refractivity contribution < 1.29 is 23.2 Å². The van der Waals surface area contributed by atoms with Gasteiger partial charge in [-0.05, 0) is 57.1 Å². The van der Waals surface area contributed by atoms with Gasteiger partial charge >= 0.3 is 6.03 Å². The molecule has 7 aliphatic rings. The first kappa shape index (κ1) is 31.6. The van der Waals surface area contributed by atoms with Gasteiger partial charge in [-0.3, -0.25) is 19.8 Å². The van der Waals surface area contributed by atoms with Gasteiger partial charge in [0.1, 0.15) is 12.3 Å². The van der Waals surface area contributed by atoms with Gasteiger partial charge in [0, 0.05) is 72.6 Å². The third-order valence-corrected chi connectivity index (χ3v) is 13.1. The molecule has 250 valence electrons. The SMILES string of the molecule is C=CC(=O)N1CCN(C2NC(=O)N3C4NC(C(F)CC42)C2C(F)CCCC2NC(=O)CCSC2CCNC(C(C)C)C23)[C@H]2C[C@H]21. The monoisotopic (exact) mass is 649 g/mol. The van der Waals surface area contributed by atoms with Gasteiger partial charge in [-0.2, -0.15) is 11.8 Å². The number of alkyl halides is 2. The van der Waals surface area contributed by atoms with E-state index in [9.17, 15) is 14.4 Å². The number of fused-ring (bicyclic) bond motifs is 6. The van der Waals surface area contributed by atoms with Crippen LogP contribution < -0.4 is 21.3 Å². The highest BCUT2D eigenvalue weighted by Gasteiger charge is 2.60. The fourth-order valence-corrected chi connectivity index (χ4v) is 11.0. The first-order valence-corrected chi connectivity index (χ1v) is 18.2. The molecule has 7 fully saturated rings. The van der Waals surface area contributed by atoms with E-state index >= 15 is 8.78 Å². The van der Waals surface area contributed by atoms with Crippen LogP contribution in [0.25, 0.3) is 0 Å². The second kappa shape index (κ2) is 12.6. The van der Waals surface area contributed by atoms with Crippen molar-refractivity contribution in [1.29, 1.82) is 0 Å². The van der Waals surface area contributed by atoms with Crippen LogP contribution in [0.1, 0.15) is 58.8 Å². The summed E-state index contributed by atoms with van der Waals surface area (Å²) < 4.78 is 32.5. The lowest BCUT2D eigenvalue weighted by atomic mass is 9.72. The lowest BCUT2D eigenvalue weighted by Gasteiger charge is -2.59. The van der Waals surface area contributed by atoms with Crippen molar-refractivity contribution in [1.82, 2.24) is 36.0 Å². The van der Waals surface area contributed by atoms with Crippen LogP contribution in [0.15, 0.2) is 12.7 Å². The van der Waals surface area contributed by atoms with Gasteiger partial charge in [0.25, 0.3) is 0 Å². The molecule has 2 aliphatic carbocycles. The summed E-state index contributed by atoms with van der Waals surface area (Å²) in [5.41, 5.74) is 0. The number of halogens is 2. The first-order valence-electron chi connectivity index (χ1n) is 17.1. The standard InChI is InChI=1S/C32H49F2N7O3S/c1-4-25(43)39-11-12-40(22-15-21(22)39)30-17-14-19(34)28-26-18(33)6-5-7-20(26)36-24(42)9-13-45-23-8-10-35-27(16(2)3)29(23)41(31(17)37-28)32(44)38-30/h4,16-23,26-31,35,37H,1,5-15H2,2-3H3,(H,36,42)(H,38,44)/t17?,18?,19?,20?,21-,22+,23?,26?,27?,28?,29?,30?,31?/m1/s1. The van der Waals surface area contributed by atoms with Crippen molar-refractivity contribution in [3.05, 3.63) is 12.7 Å². The number of piperazine rings is 1. The summed E-state index contributed by atoms with van der Waals surface area (Å²) in [5, 5.41) is 13.8. The number of piperidine rings is 2. The summed E-state index contributed by atoms with van der Waals surface area (Å²) in [6.45, 7) is 9.91. The Kier molecular flexibility index (Phi) is 8.84. The van der Waals surface area contributed by atoms with E-state index in [0.29, 0.717) is 44.5 Å². The molecular formula is C32H49F2N7O3S. The molecule has 4 amide bonds. The summed E-state index contributed by atoms with van der Waals surface area (Å²) in [6.07, 6.45) is 1.65. The van der Waals surface area contributed by atoms with Crippen LogP contribution in [0.5, 0.6) is 0 Å². The molecule has 7 rings (SSSR count). The zero-order chi connectivity index (χ0) is 31.6. The Morgan fingerprint density at radius 2 is 1.87 bits per heavy atom. The maximum atomic E-state index is 16.6. The molecule has 13 heteroatoms. The van der Waals surface area contributed by atoms with Crippen LogP contribution in [0.3, 0.4) is 0 Å². The van der Waals surface area contributed by atoms with E-state index in [1.54, 1.807) is 11.8 Å². The number of hydrogen-bond donors (Lipinski definition) is 4. The van der Waals surface area contributed by atoms with Crippen LogP contribution in [0.2, 0.25) is 0 Å². The van der Waals surface area contributed by atoms with Crippen LogP contribution >= 0.6 is 11.8 Å². The molecule has 13 atom stereocenters. The second-order valence-corrected chi connectivity index (χ2v) is 15.9. The summed E-state index contributed by atoms with van der Waals surface area (Å²) in [4.78, 5) is 46.2. The lowest BCUT2D eigenvalue weighted by Crippen LogP contribution is -2.80. The Labute approximate surface area is 269 Å². The third kappa shape index (κ3) is 5.67. The largest absolute Gasteiger partial charge is 0.353 e. The first-order chi connectivity index (χ1) is 21.7. The van der Waals surface area contributed by atoms with Crippen LogP contribution in [0, 0.1) is 17.8 Å². The van der Waals surface area contributed by atoms with Crippen molar-refractivity contribution >= 4 is 29.6 Å². The van der Waals surface area contributed by atoms with Crippen LogP contribution in [-0.4, -0.2) is 124 Å². The highest BCUT2D eigenvalue weighted by Crippen LogP contribution is 2.45. The molecule has 5 aliphatic heterocycles. The average molecular weight is 650 g/mol. The summed E-state index contributed by atoms with van der Waals surface area (Å²) in [6, 6.07) is -1.46. The number of nitrogens with one attached hydrogen (secondary N) is 4. The quantitative estimate of drug-likeness (QED) is 0.347. The molecule has 0 aromatic rings. The molecule has 45 heavy (non-hydrogen) atoms. The highest BCUT2D eigenvalue weighted by atomic mass is 32.2. The highest BCUT2D eigenvalue weighted by molar-refractivity contribution is 8.00. The van der Waals surface area contributed by atoms with E-state index in [-0.39, 0.29) is 65.5 Å². The minimum atomic E-state index is -1.34. The smallest absolute Gasteiger partial charge is 0.320 e. The fraction of sp³-hybridized carbons (Fsp3) is 0.844. The third-order valence-electron chi connectivity index (χ3n) is 11.7. The van der Waals surface area contributed by atoms with Crippen molar-refractivity contribution in [2.75, 3.05) is 25.4 Å². The molecule has 0 aromatic carbocycles. The number of thioether (sulfide) groups is 1. The fourth-order valence-electron chi connectivity index (χ4n) is 9.61. The summed E-state index contributed by atoms with van der Waals surface area (Å²) in [5.74, 6) is -0.332. The van der Waals surface area contributed by atoms with Crippen molar-refractivity contribution in [2.45, 2.75) is 125 Å². The zero-order valence-electron chi connectivity index (χ0n) is 26.4. The van der Waals surface area contributed by atoms with Crippen LogP contribution in [0.4, 0.5) is 13.6 Å². The number of amides is 4. The number of nitrogens with zero attached hydrogens (tertiary/aromatic N) is 3. The second-order valence-electron chi connectivity index (χ2n) is 14.6. The maximum absolute atomic E-state index is 16.6. The summed E-state index contributed by atoms with van der Waals surface area (Å²) in [7, 11) is 0. The molecule has 5 heterocycles. The van der Waals surface area contributed by atoms with E-state index < -0.39 is 42.7 Å².